The van der Waals surface area contributed by atoms with Gasteiger partial charge in [0.05, 0.1) is 8.95 Å². The zero-order valence-corrected chi connectivity index (χ0v) is 13.5. The van der Waals surface area contributed by atoms with E-state index in [0.717, 1.165) is 21.2 Å². The molecule has 17 heavy (non-hydrogen) atoms. The molecule has 94 valence electrons. The second kappa shape index (κ2) is 7.19. The van der Waals surface area contributed by atoms with Crippen molar-refractivity contribution in [3.8, 4) is 5.75 Å². The lowest BCUT2D eigenvalue weighted by Crippen LogP contribution is -2.05. The fraction of sp³-hybridized carbons (Fsp3) is 0.385. The summed E-state index contributed by atoms with van der Waals surface area (Å²) >= 11 is 7.06. The van der Waals surface area contributed by atoms with Gasteiger partial charge >= 0.3 is 0 Å². The van der Waals surface area contributed by atoms with E-state index in [9.17, 15) is 0 Å². The van der Waals surface area contributed by atoms with Crippen LogP contribution in [0.4, 0.5) is 0 Å². The first kappa shape index (κ1) is 14.7. The molecule has 0 heterocycles. The predicted octanol–water partition coefficient (Wildman–Crippen LogP) is 4.28. The van der Waals surface area contributed by atoms with Gasteiger partial charge in [0.25, 0.3) is 0 Å². The van der Waals surface area contributed by atoms with E-state index in [1.807, 2.05) is 7.05 Å². The molecule has 1 aromatic carbocycles. The molecule has 0 radical (unpaired) electrons. The summed E-state index contributed by atoms with van der Waals surface area (Å²) in [7, 11) is 1.93. The van der Waals surface area contributed by atoms with Crippen molar-refractivity contribution < 1.29 is 4.74 Å². The molecule has 0 amide bonds. The predicted molar refractivity (Wildman–Crippen MR) is 79.5 cm³/mol. The van der Waals surface area contributed by atoms with Crippen molar-refractivity contribution in [1.82, 2.24) is 5.32 Å². The lowest BCUT2D eigenvalue weighted by molar-refractivity contribution is 0.357. The Hall–Kier alpha value is -0.320. The maximum Gasteiger partial charge on any atom is 0.148 e. The fourth-order valence-electron chi connectivity index (χ4n) is 1.35. The van der Waals surface area contributed by atoms with Crippen LogP contribution in [0.5, 0.6) is 5.75 Å². The minimum absolute atomic E-state index is 0.588. The Labute approximate surface area is 120 Å². The van der Waals surface area contributed by atoms with Crippen LogP contribution < -0.4 is 10.1 Å². The zero-order valence-electron chi connectivity index (χ0n) is 10.3. The number of allylic oxidation sites excluding steroid dienone is 1. The average Bonchev–Trinajstić information content (AvgIpc) is 2.22. The van der Waals surface area contributed by atoms with E-state index in [-0.39, 0.29) is 0 Å². The van der Waals surface area contributed by atoms with Gasteiger partial charge in [-0.05, 0) is 76.5 Å². The molecule has 4 heteroatoms. The van der Waals surface area contributed by atoms with E-state index in [0.29, 0.717) is 6.61 Å². The number of halogens is 2. The Morgan fingerprint density at radius 2 is 1.88 bits per heavy atom. The Balaban J connectivity index is 2.82. The molecule has 0 fully saturated rings. The lowest BCUT2D eigenvalue weighted by atomic mass is 10.2. The number of rotatable bonds is 5. The summed E-state index contributed by atoms with van der Waals surface area (Å²) in [5.74, 6) is 0.849. The topological polar surface area (TPSA) is 21.3 Å². The van der Waals surface area contributed by atoms with Crippen LogP contribution in [-0.2, 0) is 6.54 Å². The summed E-state index contributed by atoms with van der Waals surface area (Å²) in [4.78, 5) is 0. The number of ether oxygens (including phenoxy) is 1. The van der Waals surface area contributed by atoms with Gasteiger partial charge in [0, 0.05) is 6.54 Å². The quantitative estimate of drug-likeness (QED) is 0.789. The molecule has 0 aliphatic carbocycles. The molecule has 0 aliphatic heterocycles. The minimum Gasteiger partial charge on any atom is -0.487 e. The van der Waals surface area contributed by atoms with Gasteiger partial charge in [0.15, 0.2) is 0 Å². The second-order valence-electron chi connectivity index (χ2n) is 4.01. The summed E-state index contributed by atoms with van der Waals surface area (Å²) in [5.41, 5.74) is 2.46. The third kappa shape index (κ3) is 4.82. The molecule has 0 aliphatic rings. The highest BCUT2D eigenvalue weighted by Gasteiger charge is 2.08. The highest BCUT2D eigenvalue weighted by atomic mass is 79.9. The molecule has 2 nitrogen and oxygen atoms in total. The van der Waals surface area contributed by atoms with Crippen LogP contribution in [0.25, 0.3) is 0 Å². The minimum atomic E-state index is 0.588. The van der Waals surface area contributed by atoms with Crippen molar-refractivity contribution in [2.75, 3.05) is 13.7 Å². The van der Waals surface area contributed by atoms with Crippen molar-refractivity contribution in [1.29, 1.82) is 0 Å². The van der Waals surface area contributed by atoms with Crippen LogP contribution in [0.15, 0.2) is 32.7 Å². The molecule has 0 aromatic heterocycles. The summed E-state index contributed by atoms with van der Waals surface area (Å²) in [5, 5.41) is 3.12. The van der Waals surface area contributed by atoms with E-state index < -0.39 is 0 Å². The van der Waals surface area contributed by atoms with Crippen LogP contribution in [0.1, 0.15) is 19.4 Å². The molecule has 0 saturated carbocycles. The molecule has 1 N–H and O–H groups in total. The summed E-state index contributed by atoms with van der Waals surface area (Å²) in [6.07, 6.45) is 2.06. The monoisotopic (exact) mass is 361 g/mol. The van der Waals surface area contributed by atoms with Crippen LogP contribution in [0, 0.1) is 0 Å². The van der Waals surface area contributed by atoms with Crippen molar-refractivity contribution in [3.05, 3.63) is 38.3 Å². The van der Waals surface area contributed by atoms with Gasteiger partial charge in [-0.15, -0.1) is 0 Å². The maximum atomic E-state index is 5.72. The van der Waals surface area contributed by atoms with Crippen molar-refractivity contribution >= 4 is 31.9 Å². The van der Waals surface area contributed by atoms with E-state index in [2.05, 4.69) is 69.2 Å². The van der Waals surface area contributed by atoms with E-state index in [1.165, 1.54) is 11.1 Å². The van der Waals surface area contributed by atoms with Crippen molar-refractivity contribution in [3.63, 3.8) is 0 Å². The Bertz CT molecular complexity index is 389. The number of hydrogen-bond acceptors (Lipinski definition) is 2. The molecule has 1 aromatic rings. The smallest absolute Gasteiger partial charge is 0.148 e. The molecule has 0 atom stereocenters. The summed E-state index contributed by atoms with van der Waals surface area (Å²) in [6.45, 7) is 5.54. The number of nitrogens with one attached hydrogen (secondary N) is 1. The standard InChI is InChI=1S/C13H17Br2NO/c1-9(2)4-5-17-13-11(14)6-10(8-16-3)7-12(13)15/h4,6-7,16H,5,8H2,1-3H3. The first-order valence-electron chi connectivity index (χ1n) is 5.43. The summed E-state index contributed by atoms with van der Waals surface area (Å²) < 4.78 is 7.66. The maximum absolute atomic E-state index is 5.72. The molecular weight excluding hydrogens is 346 g/mol. The van der Waals surface area contributed by atoms with Gasteiger partial charge in [-0.2, -0.15) is 0 Å². The molecular formula is C13H17Br2NO. The van der Waals surface area contributed by atoms with Gasteiger partial charge in [0.2, 0.25) is 0 Å². The zero-order chi connectivity index (χ0) is 12.8. The Morgan fingerprint density at radius 1 is 1.29 bits per heavy atom. The largest absolute Gasteiger partial charge is 0.487 e. The van der Waals surface area contributed by atoms with Gasteiger partial charge in [0.1, 0.15) is 12.4 Å². The van der Waals surface area contributed by atoms with Gasteiger partial charge in [-0.1, -0.05) is 5.57 Å². The number of hydrogen-bond donors (Lipinski definition) is 1. The fourth-order valence-corrected chi connectivity index (χ4v) is 2.86. The van der Waals surface area contributed by atoms with Crippen LogP contribution in [-0.4, -0.2) is 13.7 Å². The van der Waals surface area contributed by atoms with Gasteiger partial charge < -0.3 is 10.1 Å². The SMILES string of the molecule is CNCc1cc(Br)c(OCC=C(C)C)c(Br)c1. The normalized spacial score (nSPS) is 10.2. The number of benzene rings is 1. The molecule has 0 spiro atoms. The van der Waals surface area contributed by atoms with Crippen LogP contribution in [0.3, 0.4) is 0 Å². The van der Waals surface area contributed by atoms with Gasteiger partial charge in [-0.25, -0.2) is 0 Å². The first-order chi connectivity index (χ1) is 8.04. The first-order valence-corrected chi connectivity index (χ1v) is 7.02. The highest BCUT2D eigenvalue weighted by Crippen LogP contribution is 2.34. The highest BCUT2D eigenvalue weighted by molar-refractivity contribution is 9.11. The second-order valence-corrected chi connectivity index (χ2v) is 5.72. The van der Waals surface area contributed by atoms with Crippen molar-refractivity contribution in [2.45, 2.75) is 20.4 Å². The Morgan fingerprint density at radius 3 is 2.35 bits per heavy atom. The van der Waals surface area contributed by atoms with Gasteiger partial charge in [-0.3, -0.25) is 0 Å². The molecule has 0 bridgehead atoms. The third-order valence-corrected chi connectivity index (χ3v) is 3.34. The van der Waals surface area contributed by atoms with Crippen LogP contribution in [0.2, 0.25) is 0 Å². The Kier molecular flexibility index (Phi) is 6.23. The van der Waals surface area contributed by atoms with E-state index in [4.69, 9.17) is 4.74 Å². The van der Waals surface area contributed by atoms with Crippen molar-refractivity contribution in [2.24, 2.45) is 0 Å². The summed E-state index contributed by atoms with van der Waals surface area (Å²) in [6, 6.07) is 4.14. The van der Waals surface area contributed by atoms with E-state index in [1.54, 1.807) is 0 Å². The molecule has 0 unspecified atom stereocenters. The molecule has 0 saturated heterocycles. The van der Waals surface area contributed by atoms with Crippen LogP contribution >= 0.6 is 31.9 Å². The average molecular weight is 363 g/mol. The van der Waals surface area contributed by atoms with E-state index >= 15 is 0 Å². The third-order valence-electron chi connectivity index (χ3n) is 2.16. The lowest BCUT2D eigenvalue weighted by Gasteiger charge is -2.11. The molecule has 1 rings (SSSR count).